The lowest BCUT2D eigenvalue weighted by molar-refractivity contribution is -0.198. The summed E-state index contributed by atoms with van der Waals surface area (Å²) in [5.74, 6) is -2.43. The number of carbonyl (C=O) groups excluding carboxylic acids is 11. The third-order valence-corrected chi connectivity index (χ3v) is 14.1. The number of hydroxylamine groups is 4. The van der Waals surface area contributed by atoms with E-state index in [2.05, 4.69) is 25.6 Å². The number of nitrogens with zero attached hydrogens (tertiary/aromatic N) is 2. The van der Waals surface area contributed by atoms with Crippen LogP contribution in [0.5, 0.6) is 0 Å². The smallest absolute Gasteiger partial charge is 0.463 e. The Hall–Kier alpha value is -4.95. The summed E-state index contributed by atoms with van der Waals surface area (Å²) in [6.45, 7) is 4.50. The fraction of sp³-hybridized carbons (Fsp3) is 0.649. The van der Waals surface area contributed by atoms with Crippen LogP contribution < -0.4 is 0 Å². The second-order valence-corrected chi connectivity index (χ2v) is 18.9. The summed E-state index contributed by atoms with van der Waals surface area (Å²) in [6.07, 6.45) is 1.02. The summed E-state index contributed by atoms with van der Waals surface area (Å²) in [5.41, 5.74) is -0.489. The van der Waals surface area contributed by atoms with Crippen LogP contribution in [0.25, 0.3) is 0 Å². The Labute approximate surface area is 388 Å². The molecule has 3 atom stereocenters. The first-order valence-corrected chi connectivity index (χ1v) is 24.1. The largest absolute Gasteiger partial charge is 0.508 e. The van der Waals surface area contributed by atoms with Gasteiger partial charge in [0.15, 0.2) is 12.2 Å². The van der Waals surface area contributed by atoms with Gasteiger partial charge < -0.3 is 53.0 Å². The molecule has 6 saturated heterocycles. The van der Waals surface area contributed by atoms with Crippen molar-refractivity contribution in [1.82, 2.24) is 10.1 Å². The third kappa shape index (κ3) is 19.2. The minimum absolute atomic E-state index is 0.0141. The number of rotatable bonds is 12. The molecule has 0 aromatic rings. The predicted molar refractivity (Wildman–Crippen MR) is 224 cm³/mol. The Morgan fingerprint density at radius 3 is 1.58 bits per heavy atom. The summed E-state index contributed by atoms with van der Waals surface area (Å²) in [5, 5.41) is 18.4. The van der Waals surface area contributed by atoms with E-state index in [4.69, 9.17) is 30.2 Å². The number of carbonyl (C=O) groups is 11. The second kappa shape index (κ2) is 28.2. The van der Waals surface area contributed by atoms with Crippen LogP contribution in [-0.4, -0.2) is 167 Å². The van der Waals surface area contributed by atoms with Crippen LogP contribution in [0.3, 0.4) is 0 Å². The van der Waals surface area contributed by atoms with E-state index < -0.39 is 89.5 Å². The van der Waals surface area contributed by atoms with Crippen molar-refractivity contribution in [2.75, 3.05) is 62.7 Å². The summed E-state index contributed by atoms with van der Waals surface area (Å²) in [6, 6.07) is 0. The average molecular weight is 1000 g/mol. The first-order chi connectivity index (χ1) is 31.2. The molecule has 0 aromatic heterocycles. The standard InChI is InChI=1S/C16H21NO10S2.C7H9NO5.C6H8O4.C6H8O3S2.C2H2/c1-10(18)14(22)25-6-16(8-28-29-9-16)7-26-15(23)24-5-4-13(21)27-17-11(19)2-3-12(17)20;9-4-3-7(12)13-8-5(10)1-2-6(8)11;1-3-5(7)10-4(2)6(8)9-3;7-5-8-1-6(2-9-5)3-10-11-4-6;1-2/h10,18H,2-9H2,1H3;9H,1-4H2;3-4H,1-2H3;1-4H2;1-2H/i;;;;1D. The van der Waals surface area contributed by atoms with E-state index >= 15 is 0 Å². The summed E-state index contributed by atoms with van der Waals surface area (Å²) >= 11 is 0. The Morgan fingerprint density at radius 1 is 0.738 bits per heavy atom. The summed E-state index contributed by atoms with van der Waals surface area (Å²) in [7, 11) is 6.73. The SMILES string of the molecule is CC(O)C(=O)OCC1(COC(=O)OCCC(=O)ON2C(=O)CCC2=O)CSSC1.CC1OC(=O)C(C)OC1=O.O=C(CCO)ON1C(=O)CCC1=O.O=C1OCC2(CO1)CSSC2.[2H]C#C. The first-order valence-electron chi connectivity index (χ1n) is 19.7. The molecule has 362 valence electrons. The molecule has 0 aliphatic carbocycles. The topological polar surface area (TPSA) is 318 Å². The number of aliphatic hydroxyl groups is 2. The predicted octanol–water partition coefficient (Wildman–Crippen LogP) is 1.07. The molecule has 6 aliphatic heterocycles. The van der Waals surface area contributed by atoms with Gasteiger partial charge in [0.25, 0.3) is 23.6 Å². The van der Waals surface area contributed by atoms with Crippen molar-refractivity contribution < 1.29 is 107 Å². The van der Waals surface area contributed by atoms with Gasteiger partial charge in [0, 0.05) is 48.7 Å². The molecule has 3 unspecified atom stereocenters. The van der Waals surface area contributed by atoms with E-state index in [1.807, 2.05) is 21.6 Å². The van der Waals surface area contributed by atoms with Crippen molar-refractivity contribution >= 4 is 109 Å². The van der Waals surface area contributed by atoms with E-state index in [-0.39, 0.29) is 70.4 Å². The lowest BCUT2D eigenvalue weighted by Crippen LogP contribution is -2.41. The minimum Gasteiger partial charge on any atom is -0.463 e. The first kappa shape index (κ1) is 54.4. The van der Waals surface area contributed by atoms with E-state index in [1.165, 1.54) is 48.8 Å². The van der Waals surface area contributed by atoms with Crippen LogP contribution in [-0.2, 0) is 86.0 Å². The number of imide groups is 2. The highest BCUT2D eigenvalue weighted by Crippen LogP contribution is 2.45. The molecule has 65 heavy (non-hydrogen) atoms. The normalized spacial score (nSPS) is 21.8. The summed E-state index contributed by atoms with van der Waals surface area (Å²) in [4.78, 5) is 131. The van der Waals surface area contributed by atoms with Crippen molar-refractivity contribution in [3.8, 4) is 12.8 Å². The fourth-order valence-electron chi connectivity index (χ4n) is 4.79. The molecule has 4 amide bonds. The van der Waals surface area contributed by atoms with Gasteiger partial charge in [-0.2, -0.15) is 0 Å². The molecule has 6 rings (SSSR count). The molecule has 0 aromatic carbocycles. The Morgan fingerprint density at radius 2 is 1.15 bits per heavy atom. The van der Waals surface area contributed by atoms with Crippen LogP contribution in [0.4, 0.5) is 9.59 Å². The van der Waals surface area contributed by atoms with Crippen molar-refractivity contribution in [3.63, 3.8) is 0 Å². The molecule has 0 radical (unpaired) electrons. The highest BCUT2D eigenvalue weighted by Gasteiger charge is 2.42. The lowest BCUT2D eigenvalue weighted by atomic mass is 9.95. The maximum Gasteiger partial charge on any atom is 0.508 e. The number of cyclic esters (lactones) is 4. The van der Waals surface area contributed by atoms with Gasteiger partial charge in [0.1, 0.15) is 40.5 Å². The van der Waals surface area contributed by atoms with Gasteiger partial charge in [-0.25, -0.2) is 33.6 Å². The quantitative estimate of drug-likeness (QED) is 0.0908. The van der Waals surface area contributed by atoms with Crippen LogP contribution in [0.1, 0.15) is 60.7 Å². The number of amides is 4. The van der Waals surface area contributed by atoms with Crippen LogP contribution >= 0.6 is 43.2 Å². The minimum atomic E-state index is -1.24. The van der Waals surface area contributed by atoms with Gasteiger partial charge in [-0.05, 0) is 20.8 Å². The molecule has 6 fully saturated rings. The van der Waals surface area contributed by atoms with Crippen LogP contribution in [0.2, 0.25) is 0 Å². The maximum atomic E-state index is 11.7. The summed E-state index contributed by atoms with van der Waals surface area (Å²) < 4.78 is 39.5. The fourth-order valence-corrected chi connectivity index (χ4v) is 11.5. The molecule has 2 N–H and O–H groups in total. The molecule has 28 heteroatoms. The number of ether oxygens (including phenoxy) is 7. The van der Waals surface area contributed by atoms with Gasteiger partial charge in [-0.15, -0.1) is 22.9 Å². The van der Waals surface area contributed by atoms with E-state index in [1.54, 1.807) is 0 Å². The van der Waals surface area contributed by atoms with Gasteiger partial charge in [0.05, 0.1) is 30.3 Å². The number of aliphatic hydroxyl groups excluding tert-OH is 2. The molecule has 24 nitrogen and oxygen atoms in total. The highest BCUT2D eigenvalue weighted by molar-refractivity contribution is 8.77. The average Bonchev–Trinajstić information content (AvgIpc) is 4.08. The lowest BCUT2D eigenvalue weighted by Gasteiger charge is -2.29. The van der Waals surface area contributed by atoms with Crippen LogP contribution in [0, 0.1) is 23.7 Å². The van der Waals surface area contributed by atoms with Crippen molar-refractivity contribution in [2.45, 2.75) is 77.6 Å². The zero-order valence-corrected chi connectivity index (χ0v) is 38.5. The molecule has 0 saturated carbocycles. The van der Waals surface area contributed by atoms with Gasteiger partial charge >= 0.3 is 42.2 Å². The second-order valence-electron chi connectivity index (χ2n) is 14.0. The Balaban J connectivity index is 0.000000332. The van der Waals surface area contributed by atoms with Crippen LogP contribution in [0.15, 0.2) is 0 Å². The monoisotopic (exact) mass is 1000 g/mol. The highest BCUT2D eigenvalue weighted by atomic mass is 33.1. The zero-order valence-electron chi connectivity index (χ0n) is 36.2. The number of esters is 3. The Kier molecular flexibility index (Phi) is 23.6. The third-order valence-electron chi connectivity index (χ3n) is 8.47. The number of hydrogen-bond acceptors (Lipinski definition) is 26. The Bertz CT molecular complexity index is 1750. The van der Waals surface area contributed by atoms with E-state index in [9.17, 15) is 57.8 Å². The van der Waals surface area contributed by atoms with Crippen molar-refractivity contribution in [3.05, 3.63) is 0 Å². The maximum absolute atomic E-state index is 11.7. The van der Waals surface area contributed by atoms with Gasteiger partial charge in [-0.1, -0.05) is 43.2 Å². The molecule has 0 bridgehead atoms. The number of terminal acetylenes is 1. The van der Waals surface area contributed by atoms with Crippen molar-refractivity contribution in [2.24, 2.45) is 10.8 Å². The number of hydrogen-bond donors (Lipinski definition) is 2. The molecule has 1 spiro atoms. The van der Waals surface area contributed by atoms with Gasteiger partial charge in [-0.3, -0.25) is 19.2 Å². The van der Waals surface area contributed by atoms with Crippen molar-refractivity contribution in [1.29, 1.82) is 0 Å². The van der Waals surface area contributed by atoms with E-state index in [0.717, 1.165) is 11.5 Å². The molecule has 6 heterocycles. The zero-order chi connectivity index (χ0) is 49.5. The van der Waals surface area contributed by atoms with E-state index in [0.29, 0.717) is 34.8 Å². The molecular weight excluding hydrogens is 953 g/mol. The molecular formula is C37H48N2O22S4. The van der Waals surface area contributed by atoms with Gasteiger partial charge in [0.2, 0.25) is 0 Å². The molecule has 6 aliphatic rings.